The molecule has 0 radical (unpaired) electrons. The fourth-order valence-electron chi connectivity index (χ4n) is 3.36. The van der Waals surface area contributed by atoms with Crippen LogP contribution in [0.4, 0.5) is 11.5 Å². The van der Waals surface area contributed by atoms with Crippen LogP contribution in [-0.4, -0.2) is 35.0 Å². The number of hydrogen-bond donors (Lipinski definition) is 2. The van der Waals surface area contributed by atoms with Crippen LogP contribution in [-0.2, 0) is 9.59 Å². The van der Waals surface area contributed by atoms with Gasteiger partial charge in [0.05, 0.1) is 19.7 Å². The van der Waals surface area contributed by atoms with Crippen LogP contribution in [0.2, 0.25) is 0 Å². The molecule has 2 amide bonds. The number of nitrogens with one attached hydrogen (secondary N) is 2. The van der Waals surface area contributed by atoms with E-state index in [2.05, 4.69) is 15.7 Å². The zero-order valence-electron chi connectivity index (χ0n) is 16.0. The van der Waals surface area contributed by atoms with Gasteiger partial charge in [-0.3, -0.25) is 9.59 Å². The Bertz CT molecular complexity index is 1080. The number of aromatic nitrogens is 2. The van der Waals surface area contributed by atoms with E-state index >= 15 is 0 Å². The monoisotopic (exact) mass is 408 g/mol. The second kappa shape index (κ2) is 8.00. The van der Waals surface area contributed by atoms with Crippen molar-refractivity contribution in [2.75, 3.05) is 24.0 Å². The summed E-state index contributed by atoms with van der Waals surface area (Å²) in [5.74, 6) is 0.642. The third kappa shape index (κ3) is 3.71. The minimum Gasteiger partial charge on any atom is -0.496 e. The molecule has 1 aliphatic rings. The van der Waals surface area contributed by atoms with E-state index in [1.807, 2.05) is 54.8 Å². The Balaban J connectivity index is 1.67. The Kier molecular flexibility index (Phi) is 5.26. The summed E-state index contributed by atoms with van der Waals surface area (Å²) in [5.41, 5.74) is 2.19. The molecule has 0 saturated carbocycles. The molecule has 7 nitrogen and oxygen atoms in total. The minimum absolute atomic E-state index is 0.0219. The van der Waals surface area contributed by atoms with Gasteiger partial charge in [0.15, 0.2) is 0 Å². The fraction of sp³-hybridized carbons (Fsp3) is 0.190. The molecular formula is C21H20N4O3S. The lowest BCUT2D eigenvalue weighted by Crippen LogP contribution is -2.35. The first-order valence-corrected chi connectivity index (χ1v) is 10.3. The van der Waals surface area contributed by atoms with E-state index in [4.69, 9.17) is 4.74 Å². The largest absolute Gasteiger partial charge is 0.496 e. The number of hydrogen-bond acceptors (Lipinski definition) is 5. The number of anilines is 2. The van der Waals surface area contributed by atoms with Crippen molar-refractivity contribution in [3.8, 4) is 16.9 Å². The van der Waals surface area contributed by atoms with Gasteiger partial charge in [-0.05, 0) is 30.5 Å². The number of para-hydroxylation sites is 1. The topological polar surface area (TPSA) is 85.2 Å². The molecule has 0 saturated heterocycles. The van der Waals surface area contributed by atoms with E-state index in [0.717, 1.165) is 10.5 Å². The number of nitrogens with zero attached hydrogens (tertiary/aromatic N) is 2. The number of amides is 2. The molecule has 148 valence electrons. The maximum atomic E-state index is 13.0. The number of benzene rings is 2. The maximum Gasteiger partial charge on any atom is 0.249 e. The van der Waals surface area contributed by atoms with Gasteiger partial charge in [-0.1, -0.05) is 24.3 Å². The second-order valence-corrected chi connectivity index (χ2v) is 7.42. The summed E-state index contributed by atoms with van der Waals surface area (Å²) in [7, 11) is 1.59. The van der Waals surface area contributed by atoms with Crippen molar-refractivity contribution < 1.29 is 14.3 Å². The van der Waals surface area contributed by atoms with Crippen molar-refractivity contribution >= 4 is 35.1 Å². The summed E-state index contributed by atoms with van der Waals surface area (Å²) in [4.78, 5) is 26.4. The first-order chi connectivity index (χ1) is 14.1. The number of ether oxygens (including phenoxy) is 1. The molecule has 1 aromatic heterocycles. The normalized spacial score (nSPS) is 15.4. The summed E-state index contributed by atoms with van der Waals surface area (Å²) in [5, 5.41) is 10.2. The molecule has 2 heterocycles. The number of rotatable bonds is 5. The lowest BCUT2D eigenvalue weighted by atomic mass is 10.1. The SMILES string of the molecule is COc1ccccc1-c1cnn2c1NC(=O)C[C@H]2C(=O)Nc1cccc(SC)c1. The molecule has 1 atom stereocenters. The Morgan fingerprint density at radius 3 is 2.86 bits per heavy atom. The standard InChI is InChI=1S/C21H20N4O3S/c1-28-18-9-4-3-8-15(18)16-12-22-25-17(11-19(26)24-20(16)25)21(27)23-13-6-5-7-14(10-13)29-2/h3-10,12,17H,11H2,1-2H3,(H,23,27)(H,24,26)/t17-/m0/s1. The maximum absolute atomic E-state index is 13.0. The first kappa shape index (κ1) is 19.1. The molecule has 1 aliphatic heterocycles. The lowest BCUT2D eigenvalue weighted by molar-refractivity contribution is -0.125. The number of fused-ring (bicyclic) bond motifs is 1. The zero-order chi connectivity index (χ0) is 20.4. The molecule has 0 fully saturated rings. The van der Waals surface area contributed by atoms with E-state index in [0.29, 0.717) is 22.8 Å². The van der Waals surface area contributed by atoms with Crippen LogP contribution >= 0.6 is 11.8 Å². The van der Waals surface area contributed by atoms with Gasteiger partial charge < -0.3 is 15.4 Å². The number of methoxy groups -OCH3 is 1. The highest BCUT2D eigenvalue weighted by atomic mass is 32.2. The number of carbonyl (C=O) groups excluding carboxylic acids is 2. The molecule has 29 heavy (non-hydrogen) atoms. The predicted octanol–water partition coefficient (Wildman–Crippen LogP) is 3.80. The average Bonchev–Trinajstić information content (AvgIpc) is 3.16. The van der Waals surface area contributed by atoms with Gasteiger partial charge in [0, 0.05) is 21.7 Å². The van der Waals surface area contributed by atoms with Crippen LogP contribution in [0.25, 0.3) is 11.1 Å². The van der Waals surface area contributed by atoms with Crippen LogP contribution in [0.15, 0.2) is 59.6 Å². The van der Waals surface area contributed by atoms with E-state index < -0.39 is 6.04 Å². The van der Waals surface area contributed by atoms with Gasteiger partial charge >= 0.3 is 0 Å². The smallest absolute Gasteiger partial charge is 0.249 e. The van der Waals surface area contributed by atoms with E-state index in [1.54, 1.807) is 29.8 Å². The third-order valence-electron chi connectivity index (χ3n) is 4.76. The van der Waals surface area contributed by atoms with E-state index in [1.165, 1.54) is 0 Å². The summed E-state index contributed by atoms with van der Waals surface area (Å²) in [6, 6.07) is 14.3. The highest BCUT2D eigenvalue weighted by molar-refractivity contribution is 7.98. The van der Waals surface area contributed by atoms with Gasteiger partial charge in [-0.2, -0.15) is 5.10 Å². The van der Waals surface area contributed by atoms with Crippen LogP contribution in [0.1, 0.15) is 12.5 Å². The van der Waals surface area contributed by atoms with Gasteiger partial charge in [-0.25, -0.2) is 4.68 Å². The molecule has 4 rings (SSSR count). The average molecular weight is 408 g/mol. The third-order valence-corrected chi connectivity index (χ3v) is 5.49. The van der Waals surface area contributed by atoms with Crippen molar-refractivity contribution in [2.45, 2.75) is 17.4 Å². The molecule has 3 aromatic rings. The van der Waals surface area contributed by atoms with Crippen LogP contribution in [0.3, 0.4) is 0 Å². The van der Waals surface area contributed by atoms with Gasteiger partial charge in [0.25, 0.3) is 0 Å². The van der Waals surface area contributed by atoms with Crippen molar-refractivity contribution in [3.05, 3.63) is 54.7 Å². The molecular weight excluding hydrogens is 388 g/mol. The van der Waals surface area contributed by atoms with Crippen molar-refractivity contribution in [1.82, 2.24) is 9.78 Å². The second-order valence-electron chi connectivity index (χ2n) is 6.54. The predicted molar refractivity (Wildman–Crippen MR) is 113 cm³/mol. The van der Waals surface area contributed by atoms with Crippen LogP contribution in [0, 0.1) is 0 Å². The van der Waals surface area contributed by atoms with Crippen molar-refractivity contribution in [3.63, 3.8) is 0 Å². The van der Waals surface area contributed by atoms with Crippen molar-refractivity contribution in [1.29, 1.82) is 0 Å². The minimum atomic E-state index is -0.736. The van der Waals surface area contributed by atoms with Crippen LogP contribution in [0.5, 0.6) is 5.75 Å². The Labute approximate surface area is 172 Å². The summed E-state index contributed by atoms with van der Waals surface area (Å²) < 4.78 is 7.00. The molecule has 2 aromatic carbocycles. The summed E-state index contributed by atoms with van der Waals surface area (Å²) >= 11 is 1.59. The molecule has 0 aliphatic carbocycles. The van der Waals surface area contributed by atoms with Gasteiger partial charge in [-0.15, -0.1) is 11.8 Å². The Hall–Kier alpha value is -3.26. The highest BCUT2D eigenvalue weighted by Crippen LogP contribution is 2.38. The Morgan fingerprint density at radius 2 is 2.07 bits per heavy atom. The van der Waals surface area contributed by atoms with E-state index in [9.17, 15) is 9.59 Å². The zero-order valence-corrected chi connectivity index (χ0v) is 16.8. The fourth-order valence-corrected chi connectivity index (χ4v) is 3.82. The molecule has 2 N–H and O–H groups in total. The van der Waals surface area contributed by atoms with Crippen LogP contribution < -0.4 is 15.4 Å². The van der Waals surface area contributed by atoms with Gasteiger partial charge in [0.1, 0.15) is 17.6 Å². The molecule has 0 unspecified atom stereocenters. The summed E-state index contributed by atoms with van der Waals surface area (Å²) in [6.45, 7) is 0. The first-order valence-electron chi connectivity index (χ1n) is 9.06. The molecule has 0 bridgehead atoms. The number of thioether (sulfide) groups is 1. The summed E-state index contributed by atoms with van der Waals surface area (Å²) in [6.07, 6.45) is 3.64. The molecule has 8 heteroatoms. The number of carbonyl (C=O) groups is 2. The molecule has 0 spiro atoms. The van der Waals surface area contributed by atoms with Crippen molar-refractivity contribution in [2.24, 2.45) is 0 Å². The lowest BCUT2D eigenvalue weighted by Gasteiger charge is -2.25. The highest BCUT2D eigenvalue weighted by Gasteiger charge is 2.33. The Morgan fingerprint density at radius 1 is 1.24 bits per heavy atom. The van der Waals surface area contributed by atoms with Gasteiger partial charge in [0.2, 0.25) is 11.8 Å². The quantitative estimate of drug-likeness (QED) is 0.627. The van der Waals surface area contributed by atoms with E-state index in [-0.39, 0.29) is 18.2 Å².